The Morgan fingerprint density at radius 3 is 2.72 bits per heavy atom. The zero-order valence-corrected chi connectivity index (χ0v) is 11.4. The summed E-state index contributed by atoms with van der Waals surface area (Å²) in [6.45, 7) is 2.09. The maximum Gasteiger partial charge on any atom is 0.197 e. The number of halogens is 1. The Morgan fingerprint density at radius 2 is 1.94 bits per heavy atom. The second kappa shape index (κ2) is 4.38. The largest absolute Gasteiger partial charge is 0.288 e. The van der Waals surface area contributed by atoms with E-state index >= 15 is 0 Å². The number of fused-ring (bicyclic) bond motifs is 2. The molecule has 0 aliphatic rings. The Balaban J connectivity index is 2.63. The quantitative estimate of drug-likeness (QED) is 0.591. The first-order chi connectivity index (χ1) is 8.72. The summed E-state index contributed by atoms with van der Waals surface area (Å²) in [7, 11) is 0. The molecule has 0 spiro atoms. The topological polar surface area (TPSA) is 17.1 Å². The molecule has 1 aromatic heterocycles. The van der Waals surface area contributed by atoms with Crippen LogP contribution in [-0.2, 0) is 6.42 Å². The van der Waals surface area contributed by atoms with Crippen molar-refractivity contribution in [3.63, 3.8) is 0 Å². The second-order valence-corrected chi connectivity index (χ2v) is 5.65. The zero-order chi connectivity index (χ0) is 12.7. The third-order valence-electron chi connectivity index (χ3n) is 3.14. The molecule has 3 aromatic rings. The van der Waals surface area contributed by atoms with Gasteiger partial charge in [-0.05, 0) is 30.2 Å². The van der Waals surface area contributed by atoms with Crippen LogP contribution in [0.5, 0.6) is 0 Å². The van der Waals surface area contributed by atoms with E-state index in [4.69, 9.17) is 11.6 Å². The molecule has 3 heteroatoms. The molecule has 2 aromatic carbocycles. The van der Waals surface area contributed by atoms with Gasteiger partial charge in [0, 0.05) is 14.8 Å². The minimum atomic E-state index is 0.0413. The lowest BCUT2D eigenvalue weighted by Gasteiger charge is -2.06. The van der Waals surface area contributed by atoms with E-state index in [1.54, 1.807) is 11.3 Å². The normalized spacial score (nSPS) is 11.2. The van der Waals surface area contributed by atoms with Gasteiger partial charge in [-0.3, -0.25) is 4.79 Å². The van der Waals surface area contributed by atoms with Crippen molar-refractivity contribution in [2.45, 2.75) is 13.3 Å². The number of benzene rings is 2. The average molecular weight is 275 g/mol. The van der Waals surface area contributed by atoms with Gasteiger partial charge in [0.15, 0.2) is 5.43 Å². The third kappa shape index (κ3) is 1.64. The van der Waals surface area contributed by atoms with Crippen LogP contribution in [0.2, 0.25) is 5.02 Å². The Morgan fingerprint density at radius 1 is 1.17 bits per heavy atom. The summed E-state index contributed by atoms with van der Waals surface area (Å²) in [4.78, 5) is 12.5. The van der Waals surface area contributed by atoms with E-state index in [0.717, 1.165) is 21.2 Å². The second-order valence-electron chi connectivity index (χ2n) is 4.19. The van der Waals surface area contributed by atoms with E-state index in [1.165, 1.54) is 5.56 Å². The summed E-state index contributed by atoms with van der Waals surface area (Å²) < 4.78 is 2.04. The zero-order valence-electron chi connectivity index (χ0n) is 9.87. The highest BCUT2D eigenvalue weighted by Gasteiger charge is 2.11. The van der Waals surface area contributed by atoms with E-state index < -0.39 is 0 Å². The first-order valence-electron chi connectivity index (χ1n) is 5.85. The van der Waals surface area contributed by atoms with Crippen molar-refractivity contribution < 1.29 is 0 Å². The van der Waals surface area contributed by atoms with Crippen molar-refractivity contribution in [1.29, 1.82) is 0 Å². The number of hydrogen-bond acceptors (Lipinski definition) is 2. The minimum absolute atomic E-state index is 0.0413. The van der Waals surface area contributed by atoms with Gasteiger partial charge in [-0.15, -0.1) is 11.3 Å². The Bertz CT molecular complexity index is 805. The molecule has 0 amide bonds. The highest BCUT2D eigenvalue weighted by Crippen LogP contribution is 2.31. The van der Waals surface area contributed by atoms with Gasteiger partial charge in [0.1, 0.15) is 0 Å². The first kappa shape index (κ1) is 11.7. The summed E-state index contributed by atoms with van der Waals surface area (Å²) in [5, 5.41) is 1.97. The summed E-state index contributed by atoms with van der Waals surface area (Å²) in [6, 6.07) is 11.5. The molecule has 0 aliphatic carbocycles. The molecule has 1 heterocycles. The fourth-order valence-electron chi connectivity index (χ4n) is 2.20. The maximum absolute atomic E-state index is 12.5. The van der Waals surface area contributed by atoms with Gasteiger partial charge in [-0.2, -0.15) is 0 Å². The number of hydrogen-bond donors (Lipinski definition) is 0. The molecule has 90 valence electrons. The van der Waals surface area contributed by atoms with Gasteiger partial charge in [0.05, 0.1) is 10.4 Å². The number of aryl methyl sites for hydroxylation is 1. The summed E-state index contributed by atoms with van der Waals surface area (Å²) in [5.41, 5.74) is 1.22. The summed E-state index contributed by atoms with van der Waals surface area (Å²) in [6.07, 6.45) is 0.905. The number of rotatable bonds is 1. The van der Waals surface area contributed by atoms with Crippen LogP contribution in [0, 0.1) is 0 Å². The molecule has 0 saturated heterocycles. The lowest BCUT2D eigenvalue weighted by Crippen LogP contribution is -2.02. The van der Waals surface area contributed by atoms with Gasteiger partial charge in [-0.1, -0.05) is 36.7 Å². The molecule has 0 bridgehead atoms. The molecule has 0 N–H and O–H groups in total. The van der Waals surface area contributed by atoms with Crippen LogP contribution < -0.4 is 5.43 Å². The van der Waals surface area contributed by atoms with Gasteiger partial charge < -0.3 is 0 Å². The molecule has 0 atom stereocenters. The highest BCUT2D eigenvalue weighted by molar-refractivity contribution is 7.24. The van der Waals surface area contributed by atoms with Gasteiger partial charge in [0.2, 0.25) is 0 Å². The van der Waals surface area contributed by atoms with Crippen molar-refractivity contribution in [3.8, 4) is 0 Å². The molecule has 0 aliphatic heterocycles. The van der Waals surface area contributed by atoms with Crippen molar-refractivity contribution in [3.05, 3.63) is 57.2 Å². The van der Waals surface area contributed by atoms with Crippen molar-refractivity contribution in [1.82, 2.24) is 0 Å². The van der Waals surface area contributed by atoms with Crippen LogP contribution in [0.1, 0.15) is 12.5 Å². The van der Waals surface area contributed by atoms with E-state index in [9.17, 15) is 4.79 Å². The molecule has 3 rings (SSSR count). The molecule has 0 unspecified atom stereocenters. The van der Waals surface area contributed by atoms with E-state index in [-0.39, 0.29) is 5.43 Å². The van der Waals surface area contributed by atoms with Crippen LogP contribution in [0.25, 0.3) is 20.2 Å². The van der Waals surface area contributed by atoms with E-state index in [1.807, 2.05) is 36.4 Å². The molecule has 0 saturated carbocycles. The fraction of sp³-hybridized carbons (Fsp3) is 0.133. The average Bonchev–Trinajstić information content (AvgIpc) is 2.39. The Hall–Kier alpha value is -1.38. The van der Waals surface area contributed by atoms with Crippen molar-refractivity contribution >= 4 is 43.1 Å². The fourth-order valence-corrected chi connectivity index (χ4v) is 3.78. The predicted molar refractivity (Wildman–Crippen MR) is 80.0 cm³/mol. The standard InChI is InChI=1S/C15H11ClOS/c1-2-9-7-8-11(16)13-14(17)10-5-3-4-6-12(10)18-15(9)13/h3-8H,2H2,1H3. The predicted octanol–water partition coefficient (Wildman–Crippen LogP) is 4.63. The van der Waals surface area contributed by atoms with Crippen LogP contribution in [0.15, 0.2) is 41.2 Å². The SMILES string of the molecule is CCc1ccc(Cl)c2c(=O)c3ccccc3sc12. The van der Waals surface area contributed by atoms with Crippen LogP contribution in [-0.4, -0.2) is 0 Å². The monoisotopic (exact) mass is 274 g/mol. The Labute approximate surface area is 114 Å². The molecule has 0 radical (unpaired) electrons. The van der Waals surface area contributed by atoms with Crippen LogP contribution in [0.3, 0.4) is 0 Å². The van der Waals surface area contributed by atoms with Gasteiger partial charge >= 0.3 is 0 Å². The lowest BCUT2D eigenvalue weighted by molar-refractivity contribution is 1.16. The molecule has 1 nitrogen and oxygen atoms in total. The van der Waals surface area contributed by atoms with Gasteiger partial charge in [-0.25, -0.2) is 0 Å². The van der Waals surface area contributed by atoms with E-state index in [0.29, 0.717) is 10.4 Å². The Kier molecular flexibility index (Phi) is 2.84. The summed E-state index contributed by atoms with van der Waals surface area (Å²) in [5.74, 6) is 0. The smallest absolute Gasteiger partial charge is 0.197 e. The van der Waals surface area contributed by atoms with Gasteiger partial charge in [0.25, 0.3) is 0 Å². The molecule has 18 heavy (non-hydrogen) atoms. The molecular formula is C15H11ClOS. The molecular weight excluding hydrogens is 264 g/mol. The van der Waals surface area contributed by atoms with Crippen LogP contribution >= 0.6 is 22.9 Å². The van der Waals surface area contributed by atoms with Crippen molar-refractivity contribution in [2.75, 3.05) is 0 Å². The third-order valence-corrected chi connectivity index (χ3v) is 4.70. The van der Waals surface area contributed by atoms with Crippen LogP contribution in [0.4, 0.5) is 0 Å². The minimum Gasteiger partial charge on any atom is -0.288 e. The van der Waals surface area contributed by atoms with Crippen molar-refractivity contribution in [2.24, 2.45) is 0 Å². The lowest BCUT2D eigenvalue weighted by atomic mass is 10.1. The van der Waals surface area contributed by atoms with E-state index in [2.05, 4.69) is 6.92 Å². The molecule has 0 fully saturated rings. The summed E-state index contributed by atoms with van der Waals surface area (Å²) >= 11 is 7.84. The maximum atomic E-state index is 12.5. The first-order valence-corrected chi connectivity index (χ1v) is 7.04. The highest BCUT2D eigenvalue weighted by atomic mass is 35.5.